The third kappa shape index (κ3) is 5.38. The van der Waals surface area contributed by atoms with Crippen LogP contribution in [0.1, 0.15) is 25.6 Å². The molecule has 0 bridgehead atoms. The Kier molecular flexibility index (Phi) is 8.79. The van der Waals surface area contributed by atoms with Crippen LogP contribution in [0.25, 0.3) is 0 Å². The van der Waals surface area contributed by atoms with Crippen molar-refractivity contribution in [1.82, 2.24) is 14.9 Å². The molecule has 144 valence electrons. The average molecular weight is 412 g/mol. The van der Waals surface area contributed by atoms with Crippen molar-refractivity contribution in [3.63, 3.8) is 0 Å². The highest BCUT2D eigenvalue weighted by Crippen LogP contribution is 2.24. The molecule has 0 saturated carbocycles. The Morgan fingerprint density at radius 3 is 2.68 bits per heavy atom. The summed E-state index contributed by atoms with van der Waals surface area (Å²) in [5, 5.41) is 5.97. The summed E-state index contributed by atoms with van der Waals surface area (Å²) in [6.07, 6.45) is -0.180. The summed E-state index contributed by atoms with van der Waals surface area (Å²) in [6.45, 7) is 7.92. The Bertz CT molecular complexity index is 661. The second kappa shape index (κ2) is 9.84. The fourth-order valence-electron chi connectivity index (χ4n) is 2.59. The molecule has 1 aromatic heterocycles. The second-order valence-electron chi connectivity index (χ2n) is 5.54. The molecule has 0 unspecified atom stereocenters. The molecule has 0 aromatic carbocycles. The maximum absolute atomic E-state index is 12.5. The molecule has 7 nitrogen and oxygen atoms in total. The highest BCUT2D eigenvalue weighted by Gasteiger charge is 2.28. The van der Waals surface area contributed by atoms with Crippen LogP contribution in [0, 0.1) is 0 Å². The van der Waals surface area contributed by atoms with Gasteiger partial charge in [-0.3, -0.25) is 4.79 Å². The normalized spacial score (nSPS) is 21.0. The molecule has 2 heterocycles. The number of nitrogens with zero attached hydrogens (tertiary/aromatic N) is 1. The topological polar surface area (TPSA) is 87.7 Å². The summed E-state index contributed by atoms with van der Waals surface area (Å²) in [6, 6.07) is 2.97. The molecule has 1 aliphatic heterocycles. The van der Waals surface area contributed by atoms with Gasteiger partial charge in [0.05, 0.1) is 19.3 Å². The van der Waals surface area contributed by atoms with Crippen molar-refractivity contribution in [3.8, 4) is 0 Å². The lowest BCUT2D eigenvalue weighted by molar-refractivity contribution is -0.129. The van der Waals surface area contributed by atoms with Crippen molar-refractivity contribution in [3.05, 3.63) is 17.0 Å². The van der Waals surface area contributed by atoms with Gasteiger partial charge in [-0.1, -0.05) is 13.8 Å². The Morgan fingerprint density at radius 1 is 1.40 bits per heavy atom. The van der Waals surface area contributed by atoms with Crippen molar-refractivity contribution in [2.24, 2.45) is 0 Å². The number of halogens is 1. The van der Waals surface area contributed by atoms with Crippen molar-refractivity contribution in [1.29, 1.82) is 0 Å². The van der Waals surface area contributed by atoms with E-state index >= 15 is 0 Å². The van der Waals surface area contributed by atoms with Crippen molar-refractivity contribution >= 4 is 39.7 Å². The number of morpholine rings is 1. The van der Waals surface area contributed by atoms with Gasteiger partial charge in [-0.25, -0.2) is 8.42 Å². The molecule has 25 heavy (non-hydrogen) atoms. The Hall–Kier alpha value is -0.710. The van der Waals surface area contributed by atoms with Gasteiger partial charge in [0.15, 0.2) is 0 Å². The first kappa shape index (κ1) is 22.3. The summed E-state index contributed by atoms with van der Waals surface area (Å²) < 4.78 is 32.1. The minimum Gasteiger partial charge on any atom is -0.375 e. The van der Waals surface area contributed by atoms with Gasteiger partial charge in [-0.05, 0) is 19.1 Å². The third-order valence-electron chi connectivity index (χ3n) is 3.97. The smallest absolute Gasteiger partial charge is 0.252 e. The van der Waals surface area contributed by atoms with Gasteiger partial charge in [0, 0.05) is 24.5 Å². The summed E-state index contributed by atoms with van der Waals surface area (Å²) in [7, 11) is -3.44. The molecule has 2 atom stereocenters. The zero-order valence-electron chi connectivity index (χ0n) is 14.6. The molecule has 0 aliphatic carbocycles. The zero-order valence-corrected chi connectivity index (χ0v) is 17.1. The third-order valence-corrected chi connectivity index (χ3v) is 7.57. The van der Waals surface area contributed by atoms with Crippen LogP contribution in [0.4, 0.5) is 0 Å². The van der Waals surface area contributed by atoms with E-state index in [1.165, 1.54) is 15.6 Å². The van der Waals surface area contributed by atoms with E-state index in [1.807, 2.05) is 20.8 Å². The van der Waals surface area contributed by atoms with Gasteiger partial charge in [0.2, 0.25) is 5.91 Å². The number of nitrogens with one attached hydrogen (secondary N) is 2. The predicted octanol–water partition coefficient (Wildman–Crippen LogP) is 1.19. The van der Waals surface area contributed by atoms with Crippen LogP contribution in [0.15, 0.2) is 16.3 Å². The quantitative estimate of drug-likeness (QED) is 0.703. The van der Waals surface area contributed by atoms with E-state index in [0.717, 1.165) is 4.88 Å². The maximum Gasteiger partial charge on any atom is 0.252 e. The Labute approximate surface area is 159 Å². The van der Waals surface area contributed by atoms with E-state index in [1.54, 1.807) is 12.1 Å². The fraction of sp³-hybridized carbons (Fsp3) is 0.667. The van der Waals surface area contributed by atoms with E-state index in [4.69, 9.17) is 4.74 Å². The zero-order chi connectivity index (χ0) is 17.7. The highest BCUT2D eigenvalue weighted by atomic mass is 35.5. The standard InChI is InChI=1S/C15H25N3O4S2.ClH/c1-4-18(5-2)24(20,21)13-7-6-12(23-13)10-17-15(19)14-11(3)22-9-8-16-14;/h6-7,11,14,16H,4-5,8-10H2,1-3H3,(H,17,19);1H/t11-,14+;/m1./s1. The molecule has 0 radical (unpaired) electrons. The summed E-state index contributed by atoms with van der Waals surface area (Å²) in [4.78, 5) is 13.0. The molecule has 1 fully saturated rings. The maximum atomic E-state index is 12.5. The van der Waals surface area contributed by atoms with Gasteiger partial charge in [-0.2, -0.15) is 4.31 Å². The number of carbonyl (C=O) groups is 1. The molecule has 1 aromatic rings. The van der Waals surface area contributed by atoms with Crippen LogP contribution in [-0.2, 0) is 26.1 Å². The molecule has 1 amide bonds. The monoisotopic (exact) mass is 411 g/mol. The number of thiophene rings is 1. The fourth-order valence-corrected chi connectivity index (χ4v) is 5.50. The molecule has 10 heteroatoms. The highest BCUT2D eigenvalue weighted by molar-refractivity contribution is 7.91. The summed E-state index contributed by atoms with van der Waals surface area (Å²) in [5.74, 6) is -0.135. The number of amides is 1. The number of rotatable bonds is 7. The molecule has 1 saturated heterocycles. The molecule has 2 rings (SSSR count). The number of carbonyl (C=O) groups excluding carboxylic acids is 1. The van der Waals surface area contributed by atoms with E-state index in [-0.39, 0.29) is 30.5 Å². The first-order valence-electron chi connectivity index (χ1n) is 8.11. The van der Waals surface area contributed by atoms with Crippen LogP contribution in [0.5, 0.6) is 0 Å². The Balaban J connectivity index is 0.00000312. The van der Waals surface area contributed by atoms with Crippen molar-refractivity contribution < 1.29 is 17.9 Å². The van der Waals surface area contributed by atoms with Gasteiger partial charge in [-0.15, -0.1) is 23.7 Å². The minimum absolute atomic E-state index is 0. The summed E-state index contributed by atoms with van der Waals surface area (Å²) >= 11 is 1.19. The molecular weight excluding hydrogens is 386 g/mol. The molecule has 1 aliphatic rings. The SMILES string of the molecule is CCN(CC)S(=O)(=O)c1ccc(CNC(=O)[C@H]2NCCO[C@@H]2C)s1.Cl. The average Bonchev–Trinajstić information content (AvgIpc) is 3.04. The second-order valence-corrected chi connectivity index (χ2v) is 8.87. The molecular formula is C15H26ClN3O4S2. The summed E-state index contributed by atoms with van der Waals surface area (Å²) in [5.41, 5.74) is 0. The predicted molar refractivity (Wildman–Crippen MR) is 101 cm³/mol. The first-order chi connectivity index (χ1) is 11.4. The number of ether oxygens (including phenoxy) is 1. The van der Waals surface area contributed by atoms with Gasteiger partial charge in [0.1, 0.15) is 10.3 Å². The van der Waals surface area contributed by atoms with Crippen LogP contribution in [-0.4, -0.2) is 57.0 Å². The Morgan fingerprint density at radius 2 is 2.08 bits per heavy atom. The molecule has 0 spiro atoms. The van der Waals surface area contributed by atoms with E-state index < -0.39 is 10.0 Å². The largest absolute Gasteiger partial charge is 0.375 e. The lowest BCUT2D eigenvalue weighted by Gasteiger charge is -2.29. The number of hydrogen-bond donors (Lipinski definition) is 2. The van der Waals surface area contributed by atoms with Crippen LogP contribution in [0.3, 0.4) is 0 Å². The van der Waals surface area contributed by atoms with Gasteiger partial charge in [0.25, 0.3) is 10.0 Å². The van der Waals surface area contributed by atoms with Crippen LogP contribution < -0.4 is 10.6 Å². The van der Waals surface area contributed by atoms with E-state index in [0.29, 0.717) is 37.0 Å². The van der Waals surface area contributed by atoms with Gasteiger partial charge < -0.3 is 15.4 Å². The van der Waals surface area contributed by atoms with Crippen LogP contribution >= 0.6 is 23.7 Å². The lowest BCUT2D eigenvalue weighted by Crippen LogP contribution is -2.55. The minimum atomic E-state index is -3.44. The van der Waals surface area contributed by atoms with Gasteiger partial charge >= 0.3 is 0 Å². The molecule has 2 N–H and O–H groups in total. The number of sulfonamides is 1. The lowest BCUT2D eigenvalue weighted by atomic mass is 10.1. The van der Waals surface area contributed by atoms with Crippen molar-refractivity contribution in [2.45, 2.75) is 43.7 Å². The van der Waals surface area contributed by atoms with Crippen LogP contribution in [0.2, 0.25) is 0 Å². The van der Waals surface area contributed by atoms with Crippen molar-refractivity contribution in [2.75, 3.05) is 26.2 Å². The van der Waals surface area contributed by atoms with E-state index in [9.17, 15) is 13.2 Å². The van der Waals surface area contributed by atoms with E-state index in [2.05, 4.69) is 10.6 Å². The number of hydrogen-bond acceptors (Lipinski definition) is 6. The first-order valence-corrected chi connectivity index (χ1v) is 10.4.